The van der Waals surface area contributed by atoms with Crippen molar-refractivity contribution in [1.82, 2.24) is 9.97 Å². The van der Waals surface area contributed by atoms with Gasteiger partial charge in [0, 0.05) is 20.1 Å². The molecule has 0 aliphatic heterocycles. The number of hydrogen-bond acceptors (Lipinski definition) is 4. The van der Waals surface area contributed by atoms with E-state index in [2.05, 4.69) is 38.1 Å². The maximum atomic E-state index is 13.2. The Morgan fingerprint density at radius 3 is 2.86 bits per heavy atom. The predicted molar refractivity (Wildman–Crippen MR) is 87.0 cm³/mol. The molecule has 1 aromatic carbocycles. The zero-order valence-electron chi connectivity index (χ0n) is 12.1. The predicted octanol–water partition coefficient (Wildman–Crippen LogP) is 3.84. The van der Waals surface area contributed by atoms with Gasteiger partial charge in [0.25, 0.3) is 0 Å². The van der Waals surface area contributed by atoms with E-state index < -0.39 is 0 Å². The van der Waals surface area contributed by atoms with Crippen LogP contribution in [0.1, 0.15) is 18.9 Å². The molecule has 0 saturated carbocycles. The van der Waals surface area contributed by atoms with E-state index in [1.807, 2.05) is 18.0 Å². The Balaban J connectivity index is 2.17. The van der Waals surface area contributed by atoms with Gasteiger partial charge >= 0.3 is 0 Å². The molecule has 21 heavy (non-hydrogen) atoms. The molecule has 0 bridgehead atoms. The summed E-state index contributed by atoms with van der Waals surface area (Å²) in [6.07, 6.45) is 2.55. The van der Waals surface area contributed by atoms with Crippen LogP contribution < -0.4 is 10.2 Å². The molecule has 0 unspecified atom stereocenters. The van der Waals surface area contributed by atoms with E-state index in [1.54, 1.807) is 6.07 Å². The van der Waals surface area contributed by atoms with E-state index in [0.717, 1.165) is 34.6 Å². The minimum atomic E-state index is -0.229. The van der Waals surface area contributed by atoms with Crippen molar-refractivity contribution in [2.45, 2.75) is 19.9 Å². The third-order valence-electron chi connectivity index (χ3n) is 2.98. The first-order valence-electron chi connectivity index (χ1n) is 6.81. The molecule has 2 aromatic rings. The molecular formula is C15H18BrFN4. The fourth-order valence-corrected chi connectivity index (χ4v) is 2.63. The molecule has 6 heteroatoms. The summed E-state index contributed by atoms with van der Waals surface area (Å²) in [5, 5.41) is 3.25. The van der Waals surface area contributed by atoms with Crippen molar-refractivity contribution in [2.24, 2.45) is 0 Å². The molecule has 0 fully saturated rings. The largest absolute Gasteiger partial charge is 0.369 e. The van der Waals surface area contributed by atoms with Crippen LogP contribution in [0.15, 0.2) is 35.1 Å². The van der Waals surface area contributed by atoms with Gasteiger partial charge in [-0.1, -0.05) is 19.1 Å². The van der Waals surface area contributed by atoms with Gasteiger partial charge in [-0.15, -0.1) is 0 Å². The Labute approximate surface area is 132 Å². The van der Waals surface area contributed by atoms with Gasteiger partial charge in [-0.05, 0) is 40.0 Å². The monoisotopic (exact) mass is 352 g/mol. The van der Waals surface area contributed by atoms with E-state index in [-0.39, 0.29) is 5.82 Å². The molecule has 0 atom stereocenters. The number of anilines is 2. The van der Waals surface area contributed by atoms with Crippen molar-refractivity contribution in [3.63, 3.8) is 0 Å². The molecule has 0 radical (unpaired) electrons. The first kappa shape index (κ1) is 15.7. The van der Waals surface area contributed by atoms with Crippen LogP contribution in [0.25, 0.3) is 0 Å². The number of aromatic nitrogens is 2. The standard InChI is InChI=1S/C15H18BrFN4/c1-3-7-18-14-13(16)15(20-10-19-14)21(2)9-11-5-4-6-12(17)8-11/h4-6,8,10H,3,7,9H2,1-2H3,(H,18,19,20). The summed E-state index contributed by atoms with van der Waals surface area (Å²) in [7, 11) is 1.92. The molecule has 4 nitrogen and oxygen atoms in total. The van der Waals surface area contributed by atoms with E-state index >= 15 is 0 Å². The fourth-order valence-electron chi connectivity index (χ4n) is 1.98. The van der Waals surface area contributed by atoms with Crippen molar-refractivity contribution < 1.29 is 4.39 Å². The summed E-state index contributed by atoms with van der Waals surface area (Å²) in [6, 6.07) is 6.57. The lowest BCUT2D eigenvalue weighted by Crippen LogP contribution is -2.19. The number of hydrogen-bond donors (Lipinski definition) is 1. The Morgan fingerprint density at radius 1 is 1.33 bits per heavy atom. The highest BCUT2D eigenvalue weighted by Crippen LogP contribution is 2.29. The molecule has 0 aliphatic carbocycles. The van der Waals surface area contributed by atoms with Crippen LogP contribution in [-0.4, -0.2) is 23.6 Å². The first-order chi connectivity index (χ1) is 10.1. The number of rotatable bonds is 6. The summed E-state index contributed by atoms with van der Waals surface area (Å²) in [6.45, 7) is 3.52. The molecule has 1 N–H and O–H groups in total. The van der Waals surface area contributed by atoms with E-state index in [9.17, 15) is 4.39 Å². The van der Waals surface area contributed by atoms with Gasteiger partial charge in [0.05, 0.1) is 0 Å². The van der Waals surface area contributed by atoms with Gasteiger partial charge in [-0.3, -0.25) is 0 Å². The second-order valence-electron chi connectivity index (χ2n) is 4.77. The molecule has 112 valence electrons. The van der Waals surface area contributed by atoms with Gasteiger partial charge in [0.1, 0.15) is 28.3 Å². The summed E-state index contributed by atoms with van der Waals surface area (Å²) in [5.41, 5.74) is 0.895. The van der Waals surface area contributed by atoms with Gasteiger partial charge in [-0.25, -0.2) is 14.4 Å². The first-order valence-corrected chi connectivity index (χ1v) is 7.61. The van der Waals surface area contributed by atoms with E-state index in [1.165, 1.54) is 18.5 Å². The lowest BCUT2D eigenvalue weighted by atomic mass is 10.2. The smallest absolute Gasteiger partial charge is 0.148 e. The molecule has 0 amide bonds. The minimum absolute atomic E-state index is 0.229. The highest BCUT2D eigenvalue weighted by atomic mass is 79.9. The normalized spacial score (nSPS) is 10.5. The van der Waals surface area contributed by atoms with Crippen LogP contribution in [0, 0.1) is 5.82 Å². The second-order valence-corrected chi connectivity index (χ2v) is 5.57. The van der Waals surface area contributed by atoms with Gasteiger partial charge < -0.3 is 10.2 Å². The molecule has 0 spiro atoms. The lowest BCUT2D eigenvalue weighted by molar-refractivity contribution is 0.625. The number of nitrogens with zero attached hydrogens (tertiary/aromatic N) is 3. The van der Waals surface area contributed by atoms with E-state index in [4.69, 9.17) is 0 Å². The van der Waals surface area contributed by atoms with Crippen LogP contribution in [0.5, 0.6) is 0 Å². The highest BCUT2D eigenvalue weighted by Gasteiger charge is 2.12. The quantitative estimate of drug-likeness (QED) is 0.857. The summed E-state index contributed by atoms with van der Waals surface area (Å²) in [4.78, 5) is 10.5. The Bertz CT molecular complexity index is 606. The number of nitrogens with one attached hydrogen (secondary N) is 1. The molecule has 0 saturated heterocycles. The van der Waals surface area contributed by atoms with Crippen LogP contribution in [0.3, 0.4) is 0 Å². The maximum absolute atomic E-state index is 13.2. The molecule has 2 rings (SSSR count). The number of halogens is 2. The van der Waals surface area contributed by atoms with Crippen molar-refractivity contribution in [3.05, 3.63) is 46.4 Å². The third kappa shape index (κ3) is 4.14. The SMILES string of the molecule is CCCNc1ncnc(N(C)Cc2cccc(F)c2)c1Br. The van der Waals surface area contributed by atoms with Gasteiger partial charge in [0.15, 0.2) is 0 Å². The Kier molecular flexibility index (Phi) is 5.50. The van der Waals surface area contributed by atoms with Gasteiger partial charge in [0.2, 0.25) is 0 Å². The van der Waals surface area contributed by atoms with E-state index in [0.29, 0.717) is 6.54 Å². The zero-order valence-corrected chi connectivity index (χ0v) is 13.7. The lowest BCUT2D eigenvalue weighted by Gasteiger charge is -2.20. The molecule has 1 heterocycles. The highest BCUT2D eigenvalue weighted by molar-refractivity contribution is 9.10. The average molecular weight is 353 g/mol. The fraction of sp³-hybridized carbons (Fsp3) is 0.333. The van der Waals surface area contributed by atoms with Crippen molar-refractivity contribution in [3.8, 4) is 0 Å². The molecule has 0 aliphatic rings. The maximum Gasteiger partial charge on any atom is 0.148 e. The van der Waals surface area contributed by atoms with Crippen LogP contribution >= 0.6 is 15.9 Å². The van der Waals surface area contributed by atoms with Gasteiger partial charge in [-0.2, -0.15) is 0 Å². The molecular weight excluding hydrogens is 335 g/mol. The average Bonchev–Trinajstić information content (AvgIpc) is 2.46. The van der Waals surface area contributed by atoms with Crippen molar-refractivity contribution in [1.29, 1.82) is 0 Å². The summed E-state index contributed by atoms with van der Waals surface area (Å²) < 4.78 is 14.1. The van der Waals surface area contributed by atoms with Crippen molar-refractivity contribution >= 4 is 27.6 Å². The topological polar surface area (TPSA) is 41.1 Å². The summed E-state index contributed by atoms with van der Waals surface area (Å²) >= 11 is 3.54. The summed E-state index contributed by atoms with van der Waals surface area (Å²) in [5.74, 6) is 1.31. The second kappa shape index (κ2) is 7.36. The third-order valence-corrected chi connectivity index (χ3v) is 3.71. The minimum Gasteiger partial charge on any atom is -0.369 e. The Morgan fingerprint density at radius 2 is 2.14 bits per heavy atom. The number of benzene rings is 1. The molecule has 1 aromatic heterocycles. The zero-order chi connectivity index (χ0) is 15.2. The van der Waals surface area contributed by atoms with Crippen LogP contribution in [0.2, 0.25) is 0 Å². The van der Waals surface area contributed by atoms with Crippen LogP contribution in [0.4, 0.5) is 16.0 Å². The Hall–Kier alpha value is -1.69. The van der Waals surface area contributed by atoms with Crippen LogP contribution in [-0.2, 0) is 6.54 Å². The van der Waals surface area contributed by atoms with Crippen molar-refractivity contribution in [2.75, 3.05) is 23.8 Å².